The fourth-order valence-corrected chi connectivity index (χ4v) is 5.77. The van der Waals surface area contributed by atoms with Crippen LogP contribution in [-0.4, -0.2) is 43.4 Å². The fraction of sp³-hybridized carbons (Fsp3) is 0.440. The Bertz CT molecular complexity index is 1220. The average Bonchev–Trinajstić information content (AvgIpc) is 3.55. The molecule has 0 aromatic heterocycles. The molecule has 34 heavy (non-hydrogen) atoms. The van der Waals surface area contributed by atoms with Gasteiger partial charge in [0.1, 0.15) is 11.7 Å². The van der Waals surface area contributed by atoms with E-state index in [9.17, 15) is 22.9 Å². The summed E-state index contributed by atoms with van der Waals surface area (Å²) in [4.78, 5) is 14.6. The van der Waals surface area contributed by atoms with Crippen LogP contribution in [0.3, 0.4) is 0 Å². The largest absolute Gasteiger partial charge is 0.336 e. The van der Waals surface area contributed by atoms with Crippen LogP contribution in [-0.2, 0) is 21.2 Å². The molecule has 1 saturated carbocycles. The number of sulfonamides is 1. The second-order valence-electron chi connectivity index (χ2n) is 9.28. The second-order valence-corrected chi connectivity index (χ2v) is 11.3. The molecule has 1 aliphatic carbocycles. The first-order chi connectivity index (χ1) is 16.1. The van der Waals surface area contributed by atoms with Crippen LogP contribution < -0.4 is 4.72 Å². The summed E-state index contributed by atoms with van der Waals surface area (Å²) in [6.07, 6.45) is 1.36. The number of rotatable bonds is 7. The van der Waals surface area contributed by atoms with E-state index in [4.69, 9.17) is 0 Å². The van der Waals surface area contributed by atoms with E-state index in [-0.39, 0.29) is 13.0 Å². The zero-order valence-electron chi connectivity index (χ0n) is 19.0. The van der Waals surface area contributed by atoms with Crippen LogP contribution in [0.1, 0.15) is 32.3 Å². The predicted octanol–water partition coefficient (Wildman–Crippen LogP) is 3.79. The summed E-state index contributed by atoms with van der Waals surface area (Å²) in [5, 5.41) is 9.30. The molecule has 1 N–H and O–H groups in total. The Balaban J connectivity index is 1.74. The molecule has 2 aromatic rings. The highest BCUT2D eigenvalue weighted by molar-refractivity contribution is 7.89. The van der Waals surface area contributed by atoms with Gasteiger partial charge in [-0.25, -0.2) is 21.9 Å². The molecular weight excluding hydrogens is 460 g/mol. The van der Waals surface area contributed by atoms with E-state index in [1.54, 1.807) is 30.3 Å². The third kappa shape index (κ3) is 4.44. The number of likely N-dealkylation sites (tertiary alicyclic amines) is 1. The van der Waals surface area contributed by atoms with Crippen LogP contribution in [0.15, 0.2) is 48.5 Å². The summed E-state index contributed by atoms with van der Waals surface area (Å²) in [5.41, 5.74) is -1.25. The van der Waals surface area contributed by atoms with Gasteiger partial charge in [0.25, 0.3) is 0 Å². The van der Waals surface area contributed by atoms with Crippen molar-refractivity contribution in [2.75, 3.05) is 6.54 Å². The third-order valence-corrected chi connectivity index (χ3v) is 8.42. The molecule has 1 saturated heterocycles. The smallest absolute Gasteiger partial charge is 0.244 e. The monoisotopic (exact) mass is 487 g/mol. The number of nitrogens with zero attached hydrogens (tertiary/aromatic N) is 2. The average molecular weight is 488 g/mol. The first kappa shape index (κ1) is 24.3. The van der Waals surface area contributed by atoms with Crippen molar-refractivity contribution in [2.24, 2.45) is 11.3 Å². The van der Waals surface area contributed by atoms with Gasteiger partial charge in [0, 0.05) is 23.6 Å². The molecule has 2 aliphatic rings. The van der Waals surface area contributed by atoms with Gasteiger partial charge >= 0.3 is 0 Å². The van der Waals surface area contributed by atoms with Crippen molar-refractivity contribution in [3.8, 4) is 17.2 Å². The van der Waals surface area contributed by atoms with Crippen LogP contribution in [0.2, 0.25) is 0 Å². The normalized spacial score (nSPS) is 22.9. The van der Waals surface area contributed by atoms with E-state index >= 15 is 4.39 Å². The van der Waals surface area contributed by atoms with Crippen molar-refractivity contribution in [1.82, 2.24) is 9.62 Å². The highest BCUT2D eigenvalue weighted by atomic mass is 32.2. The molecule has 1 heterocycles. The van der Waals surface area contributed by atoms with Gasteiger partial charge in [-0.1, -0.05) is 48.5 Å². The number of carbonyl (C=O) groups is 1. The van der Waals surface area contributed by atoms with Crippen molar-refractivity contribution in [1.29, 1.82) is 5.26 Å². The summed E-state index contributed by atoms with van der Waals surface area (Å²) < 4.78 is 56.9. The van der Waals surface area contributed by atoms with Gasteiger partial charge < -0.3 is 4.90 Å². The first-order valence-electron chi connectivity index (χ1n) is 11.3. The van der Waals surface area contributed by atoms with Crippen LogP contribution in [0.5, 0.6) is 0 Å². The van der Waals surface area contributed by atoms with Crippen LogP contribution in [0.25, 0.3) is 11.1 Å². The van der Waals surface area contributed by atoms with Crippen molar-refractivity contribution in [2.45, 2.75) is 50.7 Å². The standard InChI is InChI=1S/C25H27F2N3O3S/c1-16(14-28)24(31)30-15-25(11-12-25)23(29-34(32,33)17(2)26)21(30)13-19-9-6-10-20(22(19)27)18-7-4-3-5-8-18/h3-10,16-17,21,23,29H,11-13,15H2,1-2H3/t16-,17?,21+,23-/m1/s1. The third-order valence-electron chi connectivity index (χ3n) is 6.98. The molecule has 9 heteroatoms. The molecule has 2 aromatic carbocycles. The van der Waals surface area contributed by atoms with E-state index in [2.05, 4.69) is 4.72 Å². The number of nitriles is 1. The minimum Gasteiger partial charge on any atom is -0.336 e. The SMILES string of the molecule is CC(F)S(=O)(=O)N[C@@H]1[C@H](Cc2cccc(-c3ccccc3)c2F)N(C(=O)[C@H](C)C#N)CC12CC2. The van der Waals surface area contributed by atoms with Crippen molar-refractivity contribution in [3.63, 3.8) is 0 Å². The lowest BCUT2D eigenvalue weighted by Crippen LogP contribution is -2.51. The summed E-state index contributed by atoms with van der Waals surface area (Å²) in [7, 11) is -4.29. The Morgan fingerprint density at radius 3 is 2.47 bits per heavy atom. The Morgan fingerprint density at radius 2 is 1.88 bits per heavy atom. The zero-order chi connectivity index (χ0) is 24.7. The van der Waals surface area contributed by atoms with E-state index < -0.39 is 50.7 Å². The number of carbonyl (C=O) groups excluding carboxylic acids is 1. The summed E-state index contributed by atoms with van der Waals surface area (Å²) in [5.74, 6) is -1.82. The minimum atomic E-state index is -4.29. The Morgan fingerprint density at radius 1 is 1.21 bits per heavy atom. The molecule has 6 nitrogen and oxygen atoms in total. The molecule has 0 radical (unpaired) electrons. The fourth-order valence-electron chi connectivity index (χ4n) is 4.82. The van der Waals surface area contributed by atoms with Gasteiger partial charge in [0.2, 0.25) is 21.4 Å². The minimum absolute atomic E-state index is 0.0337. The van der Waals surface area contributed by atoms with E-state index in [1.165, 1.54) is 11.8 Å². The molecular formula is C25H27F2N3O3S. The Hall–Kier alpha value is -2.83. The molecule has 1 aliphatic heterocycles. The second kappa shape index (κ2) is 9.08. The van der Waals surface area contributed by atoms with Crippen LogP contribution in [0.4, 0.5) is 8.78 Å². The summed E-state index contributed by atoms with van der Waals surface area (Å²) >= 11 is 0. The van der Waals surface area contributed by atoms with Crippen molar-refractivity contribution < 1.29 is 22.0 Å². The van der Waals surface area contributed by atoms with Crippen molar-refractivity contribution in [3.05, 3.63) is 59.9 Å². The highest BCUT2D eigenvalue weighted by Crippen LogP contribution is 2.56. The number of hydrogen-bond donors (Lipinski definition) is 1. The molecule has 2 fully saturated rings. The maximum Gasteiger partial charge on any atom is 0.244 e. The lowest BCUT2D eigenvalue weighted by atomic mass is 9.91. The van der Waals surface area contributed by atoms with Gasteiger partial charge in [-0.3, -0.25) is 4.79 Å². The maximum atomic E-state index is 15.6. The number of halogens is 2. The summed E-state index contributed by atoms with van der Waals surface area (Å²) in [6, 6.07) is 14.4. The van der Waals surface area contributed by atoms with Crippen molar-refractivity contribution >= 4 is 15.9 Å². The van der Waals surface area contributed by atoms with Gasteiger partial charge in [-0.2, -0.15) is 5.26 Å². The topological polar surface area (TPSA) is 90.3 Å². The van der Waals surface area contributed by atoms with E-state index in [0.717, 1.165) is 6.92 Å². The number of alkyl halides is 1. The molecule has 0 bridgehead atoms. The summed E-state index contributed by atoms with van der Waals surface area (Å²) in [6.45, 7) is 2.67. The molecule has 4 rings (SSSR count). The predicted molar refractivity (Wildman–Crippen MR) is 124 cm³/mol. The van der Waals surface area contributed by atoms with Crippen LogP contribution >= 0.6 is 0 Å². The highest BCUT2D eigenvalue weighted by Gasteiger charge is 2.61. The Labute approximate surface area is 198 Å². The zero-order valence-corrected chi connectivity index (χ0v) is 19.9. The van der Waals surface area contributed by atoms with Gasteiger partial charge in [0.05, 0.1) is 12.1 Å². The van der Waals surface area contributed by atoms with Gasteiger partial charge in [-0.05, 0) is 44.2 Å². The van der Waals surface area contributed by atoms with Gasteiger partial charge in [-0.15, -0.1) is 0 Å². The molecule has 1 amide bonds. The first-order valence-corrected chi connectivity index (χ1v) is 12.8. The molecule has 1 unspecified atom stereocenters. The number of hydrogen-bond acceptors (Lipinski definition) is 4. The quantitative estimate of drug-likeness (QED) is 0.644. The number of nitrogens with one attached hydrogen (secondary N) is 1. The lowest BCUT2D eigenvalue weighted by Gasteiger charge is -2.30. The van der Waals surface area contributed by atoms with E-state index in [0.29, 0.717) is 29.5 Å². The molecule has 4 atom stereocenters. The maximum absolute atomic E-state index is 15.6. The Kier molecular flexibility index (Phi) is 6.49. The van der Waals surface area contributed by atoms with E-state index in [1.807, 2.05) is 24.3 Å². The molecule has 1 spiro atoms. The molecule has 180 valence electrons. The van der Waals surface area contributed by atoms with Crippen LogP contribution in [0, 0.1) is 28.5 Å². The number of benzene rings is 2. The van der Waals surface area contributed by atoms with Gasteiger partial charge in [0.15, 0.2) is 0 Å². The lowest BCUT2D eigenvalue weighted by molar-refractivity contribution is -0.134. The number of amides is 1.